The molecule has 0 unspecified atom stereocenters. The first-order valence-electron chi connectivity index (χ1n) is 11.5. The summed E-state index contributed by atoms with van der Waals surface area (Å²) in [5, 5.41) is 2.75. The van der Waals surface area contributed by atoms with Crippen LogP contribution in [0.1, 0.15) is 44.8 Å². The summed E-state index contributed by atoms with van der Waals surface area (Å²) in [4.78, 5) is 33.5. The molecule has 0 aliphatic heterocycles. The quantitative estimate of drug-likeness (QED) is 0.307. The van der Waals surface area contributed by atoms with Gasteiger partial charge in [0.1, 0.15) is 17.1 Å². The predicted octanol–water partition coefficient (Wildman–Crippen LogP) is 4.98. The zero-order chi connectivity index (χ0) is 28.2. The second-order valence-corrected chi connectivity index (χ2v) is 10.6. The number of hydrogen-bond donors (Lipinski definition) is 2. The molecule has 200 valence electrons. The monoisotopic (exact) mass is 568 g/mol. The molecule has 4 rings (SSSR count). The lowest BCUT2D eigenvalue weighted by Crippen LogP contribution is -2.31. The van der Waals surface area contributed by atoms with Gasteiger partial charge < -0.3 is 10.1 Å². The average molecular weight is 569 g/mol. The Morgan fingerprint density at radius 1 is 0.949 bits per heavy atom. The summed E-state index contributed by atoms with van der Waals surface area (Å²) < 4.78 is 45.8. The fraction of sp³-hybridized carbons (Fsp3) is 0.111. The number of nitrogens with zero attached hydrogens (tertiary/aromatic N) is 2. The van der Waals surface area contributed by atoms with E-state index in [1.165, 1.54) is 60.9 Å². The molecular weight excluding hydrogens is 547 g/mol. The van der Waals surface area contributed by atoms with Crippen molar-refractivity contribution in [2.24, 2.45) is 0 Å². The lowest BCUT2D eigenvalue weighted by molar-refractivity contribution is 0.0934. The number of nitrogens with one attached hydrogen (secondary N) is 2. The number of carbonyl (C=O) groups is 2. The minimum atomic E-state index is -4.14. The Bertz CT molecular complexity index is 1610. The van der Waals surface area contributed by atoms with Gasteiger partial charge in [0.15, 0.2) is 5.03 Å². The molecule has 0 fully saturated rings. The smallest absolute Gasteiger partial charge is 0.281 e. The summed E-state index contributed by atoms with van der Waals surface area (Å²) in [5.74, 6) is -1.54. The van der Waals surface area contributed by atoms with Crippen LogP contribution in [0.15, 0.2) is 84.1 Å². The van der Waals surface area contributed by atoms with Crippen LogP contribution in [0.5, 0.6) is 11.6 Å². The van der Waals surface area contributed by atoms with Gasteiger partial charge in [0.05, 0.1) is 11.1 Å². The third-order valence-corrected chi connectivity index (χ3v) is 6.95. The lowest BCUT2D eigenvalue weighted by Gasteiger charge is -2.16. The highest BCUT2D eigenvalue weighted by atomic mass is 35.5. The van der Waals surface area contributed by atoms with Crippen LogP contribution in [0, 0.1) is 12.7 Å². The third kappa shape index (κ3) is 6.95. The molecule has 0 aliphatic rings. The second-order valence-electron chi connectivity index (χ2n) is 8.49. The minimum Gasteiger partial charge on any atom is -0.438 e. The topological polar surface area (TPSA) is 127 Å². The zero-order valence-corrected chi connectivity index (χ0v) is 22.3. The number of sulfonamides is 1. The maximum atomic E-state index is 13.2. The maximum absolute atomic E-state index is 13.2. The molecule has 9 nitrogen and oxygen atoms in total. The van der Waals surface area contributed by atoms with Crippen LogP contribution >= 0.6 is 11.6 Å². The molecule has 0 saturated heterocycles. The number of ether oxygens (including phenoxy) is 1. The number of rotatable bonds is 8. The van der Waals surface area contributed by atoms with E-state index in [-0.39, 0.29) is 32.8 Å². The number of aryl methyl sites for hydroxylation is 1. The number of carbonyl (C=O) groups excluding carboxylic acids is 2. The molecule has 0 radical (unpaired) electrons. The fourth-order valence-electron chi connectivity index (χ4n) is 3.41. The van der Waals surface area contributed by atoms with E-state index in [9.17, 15) is 22.4 Å². The van der Waals surface area contributed by atoms with Gasteiger partial charge in [0, 0.05) is 18.0 Å². The third-order valence-electron chi connectivity index (χ3n) is 5.50. The van der Waals surface area contributed by atoms with Crippen LogP contribution in [0.2, 0.25) is 5.02 Å². The fourth-order valence-corrected chi connectivity index (χ4v) is 4.48. The van der Waals surface area contributed by atoms with Crippen molar-refractivity contribution in [2.75, 3.05) is 0 Å². The highest BCUT2D eigenvalue weighted by Crippen LogP contribution is 2.26. The summed E-state index contributed by atoms with van der Waals surface area (Å²) >= 11 is 6.04. The Morgan fingerprint density at radius 3 is 2.28 bits per heavy atom. The zero-order valence-electron chi connectivity index (χ0n) is 20.7. The van der Waals surface area contributed by atoms with Gasteiger partial charge in [-0.3, -0.25) is 9.59 Å². The van der Waals surface area contributed by atoms with Gasteiger partial charge in [-0.15, -0.1) is 0 Å². The second kappa shape index (κ2) is 11.6. The van der Waals surface area contributed by atoms with Crippen LogP contribution in [0.4, 0.5) is 4.39 Å². The number of benzene rings is 2. The normalized spacial score (nSPS) is 11.9. The van der Waals surface area contributed by atoms with Gasteiger partial charge >= 0.3 is 0 Å². The highest BCUT2D eigenvalue weighted by Gasteiger charge is 2.21. The molecule has 2 amide bonds. The molecule has 2 aromatic heterocycles. The Kier molecular flexibility index (Phi) is 8.22. The van der Waals surface area contributed by atoms with Crippen LogP contribution in [-0.4, -0.2) is 30.2 Å². The molecule has 12 heteroatoms. The first kappa shape index (κ1) is 27.7. The van der Waals surface area contributed by atoms with Gasteiger partial charge in [-0.25, -0.2) is 19.1 Å². The first-order valence-corrected chi connectivity index (χ1v) is 13.4. The molecule has 0 aliphatic carbocycles. The SMILES string of the molecule is Cc1ccc(S(=O)(=O)NC(=O)c2ccc([C@H](C)NC(=O)c3cc(Cl)cnc3Oc3ccc(F)cc3)cc2)nc1. The lowest BCUT2D eigenvalue weighted by atomic mass is 10.1. The van der Waals surface area contributed by atoms with Crippen molar-refractivity contribution in [2.45, 2.75) is 24.9 Å². The molecule has 2 N–H and O–H groups in total. The Labute approximate surface area is 229 Å². The van der Waals surface area contributed by atoms with Crippen LogP contribution in [-0.2, 0) is 10.0 Å². The molecule has 1 atom stereocenters. The van der Waals surface area contributed by atoms with Gasteiger partial charge in [0.2, 0.25) is 5.88 Å². The van der Waals surface area contributed by atoms with Crippen LogP contribution < -0.4 is 14.8 Å². The van der Waals surface area contributed by atoms with Gasteiger partial charge in [-0.05, 0) is 73.5 Å². The Hall–Kier alpha value is -4.35. The van der Waals surface area contributed by atoms with Crippen LogP contribution in [0.3, 0.4) is 0 Å². The van der Waals surface area contributed by atoms with E-state index in [2.05, 4.69) is 15.3 Å². The largest absolute Gasteiger partial charge is 0.438 e. The van der Waals surface area contributed by atoms with Crippen LogP contribution in [0.25, 0.3) is 0 Å². The predicted molar refractivity (Wildman–Crippen MR) is 142 cm³/mol. The summed E-state index contributed by atoms with van der Waals surface area (Å²) in [6.45, 7) is 3.48. The van der Waals surface area contributed by atoms with E-state index in [0.29, 0.717) is 5.56 Å². The van der Waals surface area contributed by atoms with Crippen molar-refractivity contribution in [3.05, 3.63) is 112 Å². The molecule has 39 heavy (non-hydrogen) atoms. The van der Waals surface area contributed by atoms with Crippen molar-refractivity contribution in [1.82, 2.24) is 20.0 Å². The maximum Gasteiger partial charge on any atom is 0.281 e. The van der Waals surface area contributed by atoms with Gasteiger partial charge in [-0.2, -0.15) is 8.42 Å². The van der Waals surface area contributed by atoms with Crippen molar-refractivity contribution in [3.8, 4) is 11.6 Å². The number of aromatic nitrogens is 2. The number of hydrogen-bond acceptors (Lipinski definition) is 7. The summed E-state index contributed by atoms with van der Waals surface area (Å²) in [6, 6.07) is 15.0. The summed E-state index contributed by atoms with van der Waals surface area (Å²) in [6.07, 6.45) is 2.71. The molecule has 2 heterocycles. The van der Waals surface area contributed by atoms with Crippen molar-refractivity contribution in [1.29, 1.82) is 0 Å². The number of amides is 2. The van der Waals surface area contributed by atoms with Crippen molar-refractivity contribution in [3.63, 3.8) is 0 Å². The highest BCUT2D eigenvalue weighted by molar-refractivity contribution is 7.90. The summed E-state index contributed by atoms with van der Waals surface area (Å²) in [5.41, 5.74) is 1.57. The molecular formula is C27H22ClFN4O5S. The van der Waals surface area contributed by atoms with E-state index in [4.69, 9.17) is 16.3 Å². The molecule has 0 spiro atoms. The Balaban J connectivity index is 1.44. The van der Waals surface area contributed by atoms with E-state index in [1.807, 2.05) is 4.72 Å². The Morgan fingerprint density at radius 2 is 1.64 bits per heavy atom. The number of halogens is 2. The number of pyridine rings is 2. The minimum absolute atomic E-state index is 0.0213. The first-order chi connectivity index (χ1) is 18.5. The van der Waals surface area contributed by atoms with Gasteiger partial charge in [0.25, 0.3) is 21.8 Å². The molecule has 0 saturated carbocycles. The van der Waals surface area contributed by atoms with Crippen molar-refractivity contribution >= 4 is 33.4 Å². The van der Waals surface area contributed by atoms with E-state index in [1.54, 1.807) is 32.0 Å². The molecule has 4 aromatic rings. The molecule has 2 aromatic carbocycles. The van der Waals surface area contributed by atoms with E-state index >= 15 is 0 Å². The average Bonchev–Trinajstić information content (AvgIpc) is 2.91. The summed E-state index contributed by atoms with van der Waals surface area (Å²) in [7, 11) is -4.14. The molecule has 0 bridgehead atoms. The van der Waals surface area contributed by atoms with E-state index in [0.717, 1.165) is 5.56 Å². The standard InChI is InChI=1S/C27H22ClFN4O5S/c1-16-3-12-24(30-14-16)39(36,37)33-25(34)19-6-4-18(5-7-19)17(2)32-26(35)23-13-20(28)15-31-27(23)38-22-10-8-21(29)9-11-22/h3-15,17H,1-2H3,(H,32,35)(H,33,34)/t17-/m0/s1. The van der Waals surface area contributed by atoms with Crippen molar-refractivity contribution < 1.29 is 27.1 Å². The van der Waals surface area contributed by atoms with Gasteiger partial charge in [-0.1, -0.05) is 29.8 Å². The van der Waals surface area contributed by atoms with E-state index < -0.39 is 33.7 Å².